The number of nitrogens with one attached hydrogen (secondary N) is 1. The molecule has 2 rings (SSSR count). The minimum atomic E-state index is -0.238. The summed E-state index contributed by atoms with van der Waals surface area (Å²) in [4.78, 5) is 0. The first kappa shape index (κ1) is 12.4. The molecule has 0 radical (unpaired) electrons. The van der Waals surface area contributed by atoms with Crippen molar-refractivity contribution in [2.45, 2.75) is 44.7 Å². The van der Waals surface area contributed by atoms with Crippen molar-refractivity contribution in [2.75, 3.05) is 7.11 Å². The van der Waals surface area contributed by atoms with Crippen LogP contribution in [0.2, 0.25) is 0 Å². The highest BCUT2D eigenvalue weighted by Crippen LogP contribution is 2.21. The van der Waals surface area contributed by atoms with Crippen LogP contribution < -0.4 is 10.1 Å². The summed E-state index contributed by atoms with van der Waals surface area (Å²) in [6, 6.07) is 5.85. The molecule has 0 spiro atoms. The van der Waals surface area contributed by atoms with Gasteiger partial charge >= 0.3 is 0 Å². The van der Waals surface area contributed by atoms with Crippen LogP contribution in [0.1, 0.15) is 37.7 Å². The van der Waals surface area contributed by atoms with Crippen molar-refractivity contribution in [1.29, 1.82) is 0 Å². The summed E-state index contributed by atoms with van der Waals surface area (Å²) >= 11 is 0. The Morgan fingerprint density at radius 2 is 2.06 bits per heavy atom. The second-order valence-corrected chi connectivity index (χ2v) is 4.65. The molecule has 1 saturated carbocycles. The molecular formula is C14H20FNO. The monoisotopic (exact) mass is 237 g/mol. The Bertz CT molecular complexity index is 361. The zero-order chi connectivity index (χ0) is 12.1. The summed E-state index contributed by atoms with van der Waals surface area (Å²) in [5.41, 5.74) is 0.690. The Morgan fingerprint density at radius 3 is 2.76 bits per heavy atom. The van der Waals surface area contributed by atoms with Gasteiger partial charge in [-0.05, 0) is 18.9 Å². The molecule has 0 unspecified atom stereocenters. The first-order valence-corrected chi connectivity index (χ1v) is 6.36. The summed E-state index contributed by atoms with van der Waals surface area (Å²) in [6.07, 6.45) is 6.35. The first-order valence-electron chi connectivity index (χ1n) is 6.36. The molecule has 1 fully saturated rings. The summed E-state index contributed by atoms with van der Waals surface area (Å²) < 4.78 is 18.8. The topological polar surface area (TPSA) is 21.3 Å². The maximum absolute atomic E-state index is 13.9. The van der Waals surface area contributed by atoms with Crippen LogP contribution in [0.15, 0.2) is 18.2 Å². The lowest BCUT2D eigenvalue weighted by Crippen LogP contribution is -2.30. The normalized spacial score (nSPS) is 17.1. The van der Waals surface area contributed by atoms with Crippen LogP contribution in [0.25, 0.3) is 0 Å². The van der Waals surface area contributed by atoms with Gasteiger partial charge < -0.3 is 10.1 Å². The van der Waals surface area contributed by atoms with Crippen LogP contribution >= 0.6 is 0 Å². The molecule has 0 amide bonds. The third-order valence-electron chi connectivity index (χ3n) is 3.45. The summed E-state index contributed by atoms with van der Waals surface area (Å²) in [7, 11) is 1.50. The molecular weight excluding hydrogens is 217 g/mol. The van der Waals surface area contributed by atoms with Crippen LogP contribution in [0.4, 0.5) is 4.39 Å². The SMILES string of the molecule is COc1cccc(CNC2CCCCC2)c1F. The lowest BCUT2D eigenvalue weighted by atomic mass is 9.95. The van der Waals surface area contributed by atoms with E-state index in [1.54, 1.807) is 6.07 Å². The van der Waals surface area contributed by atoms with Gasteiger partial charge in [-0.1, -0.05) is 31.4 Å². The Labute approximate surface area is 102 Å². The quantitative estimate of drug-likeness (QED) is 0.868. The number of hydrogen-bond acceptors (Lipinski definition) is 2. The summed E-state index contributed by atoms with van der Waals surface area (Å²) in [6.45, 7) is 0.591. The van der Waals surface area contributed by atoms with Gasteiger partial charge in [0, 0.05) is 18.2 Å². The van der Waals surface area contributed by atoms with Crippen LogP contribution in [-0.2, 0) is 6.54 Å². The van der Waals surface area contributed by atoms with Crippen molar-refractivity contribution in [3.63, 3.8) is 0 Å². The molecule has 94 valence electrons. The fourth-order valence-electron chi connectivity index (χ4n) is 2.41. The Kier molecular flexibility index (Phi) is 4.37. The molecule has 1 aromatic carbocycles. The lowest BCUT2D eigenvalue weighted by molar-refractivity contribution is 0.363. The van der Waals surface area contributed by atoms with E-state index in [2.05, 4.69) is 5.32 Å². The van der Waals surface area contributed by atoms with Gasteiger partial charge in [0.05, 0.1) is 7.11 Å². The Morgan fingerprint density at radius 1 is 1.29 bits per heavy atom. The van der Waals surface area contributed by atoms with E-state index in [-0.39, 0.29) is 5.82 Å². The zero-order valence-electron chi connectivity index (χ0n) is 10.3. The van der Waals surface area contributed by atoms with Crippen molar-refractivity contribution in [3.05, 3.63) is 29.6 Å². The van der Waals surface area contributed by atoms with Gasteiger partial charge in [0.15, 0.2) is 11.6 Å². The average Bonchev–Trinajstić information content (AvgIpc) is 2.39. The van der Waals surface area contributed by atoms with E-state index in [4.69, 9.17) is 4.74 Å². The molecule has 0 saturated heterocycles. The van der Waals surface area contributed by atoms with E-state index in [0.717, 1.165) is 0 Å². The van der Waals surface area contributed by atoms with Crippen molar-refractivity contribution < 1.29 is 9.13 Å². The highest BCUT2D eigenvalue weighted by Gasteiger charge is 2.14. The van der Waals surface area contributed by atoms with Crippen molar-refractivity contribution in [3.8, 4) is 5.75 Å². The van der Waals surface area contributed by atoms with Gasteiger partial charge in [0.25, 0.3) is 0 Å². The minimum absolute atomic E-state index is 0.238. The zero-order valence-corrected chi connectivity index (χ0v) is 10.3. The van der Waals surface area contributed by atoms with Gasteiger partial charge in [0.1, 0.15) is 0 Å². The molecule has 3 heteroatoms. The first-order chi connectivity index (χ1) is 8.31. The second kappa shape index (κ2) is 6.01. The summed E-state index contributed by atoms with van der Waals surface area (Å²) in [5, 5.41) is 3.43. The number of methoxy groups -OCH3 is 1. The van der Waals surface area contributed by atoms with Crippen LogP contribution in [-0.4, -0.2) is 13.2 Å². The van der Waals surface area contributed by atoms with E-state index in [1.807, 2.05) is 12.1 Å². The predicted octanol–water partition coefficient (Wildman–Crippen LogP) is 3.26. The molecule has 2 nitrogen and oxygen atoms in total. The molecule has 0 aliphatic heterocycles. The lowest BCUT2D eigenvalue weighted by Gasteiger charge is -2.23. The fourth-order valence-corrected chi connectivity index (χ4v) is 2.41. The van der Waals surface area contributed by atoms with Crippen molar-refractivity contribution in [1.82, 2.24) is 5.32 Å². The predicted molar refractivity (Wildman–Crippen MR) is 66.7 cm³/mol. The Hall–Kier alpha value is -1.09. The largest absolute Gasteiger partial charge is 0.494 e. The molecule has 1 aliphatic carbocycles. The fraction of sp³-hybridized carbons (Fsp3) is 0.571. The van der Waals surface area contributed by atoms with Crippen molar-refractivity contribution >= 4 is 0 Å². The maximum atomic E-state index is 13.9. The van der Waals surface area contributed by atoms with Gasteiger partial charge in [0.2, 0.25) is 0 Å². The van der Waals surface area contributed by atoms with Gasteiger partial charge in [-0.15, -0.1) is 0 Å². The molecule has 0 bridgehead atoms. The molecule has 1 aliphatic rings. The average molecular weight is 237 g/mol. The molecule has 17 heavy (non-hydrogen) atoms. The van der Waals surface area contributed by atoms with Gasteiger partial charge in [-0.2, -0.15) is 0 Å². The highest BCUT2D eigenvalue weighted by atomic mass is 19.1. The van der Waals surface area contributed by atoms with Crippen LogP contribution in [0, 0.1) is 5.82 Å². The third kappa shape index (κ3) is 3.19. The summed E-state index contributed by atoms with van der Waals surface area (Å²) in [5.74, 6) is 0.0891. The number of halogens is 1. The van der Waals surface area contributed by atoms with E-state index < -0.39 is 0 Å². The Balaban J connectivity index is 1.93. The van der Waals surface area contributed by atoms with E-state index in [1.165, 1.54) is 39.2 Å². The molecule has 0 aromatic heterocycles. The van der Waals surface area contributed by atoms with Crippen LogP contribution in [0.5, 0.6) is 5.75 Å². The second-order valence-electron chi connectivity index (χ2n) is 4.65. The molecule has 0 atom stereocenters. The molecule has 0 heterocycles. The number of benzene rings is 1. The van der Waals surface area contributed by atoms with Crippen LogP contribution in [0.3, 0.4) is 0 Å². The number of ether oxygens (including phenoxy) is 1. The highest BCUT2D eigenvalue weighted by molar-refractivity contribution is 5.30. The maximum Gasteiger partial charge on any atom is 0.169 e. The van der Waals surface area contributed by atoms with E-state index in [9.17, 15) is 4.39 Å². The smallest absolute Gasteiger partial charge is 0.169 e. The van der Waals surface area contributed by atoms with Gasteiger partial charge in [-0.25, -0.2) is 4.39 Å². The standard InChI is InChI=1S/C14H20FNO/c1-17-13-9-5-6-11(14(13)15)10-16-12-7-3-2-4-8-12/h5-6,9,12,16H,2-4,7-8,10H2,1H3. The third-order valence-corrected chi connectivity index (χ3v) is 3.45. The van der Waals surface area contributed by atoms with Gasteiger partial charge in [-0.3, -0.25) is 0 Å². The number of hydrogen-bond donors (Lipinski definition) is 1. The minimum Gasteiger partial charge on any atom is -0.494 e. The molecule has 1 N–H and O–H groups in total. The molecule has 1 aromatic rings. The van der Waals surface area contributed by atoms with E-state index >= 15 is 0 Å². The number of rotatable bonds is 4. The van der Waals surface area contributed by atoms with E-state index in [0.29, 0.717) is 23.9 Å². The van der Waals surface area contributed by atoms with Crippen molar-refractivity contribution in [2.24, 2.45) is 0 Å².